The van der Waals surface area contributed by atoms with Crippen molar-refractivity contribution in [2.45, 2.75) is 26.5 Å². The molecular weight excluding hydrogens is 394 g/mol. The number of aryl methyl sites for hydroxylation is 2. The summed E-state index contributed by atoms with van der Waals surface area (Å²) in [4.78, 5) is 38.1. The van der Waals surface area contributed by atoms with Gasteiger partial charge in [-0.05, 0) is 26.0 Å². The predicted octanol–water partition coefficient (Wildman–Crippen LogP) is 4.38. The lowest BCUT2D eigenvalue weighted by Gasteiger charge is -2.18. The first kappa shape index (κ1) is 20.3. The second-order valence-electron chi connectivity index (χ2n) is 7.43. The molecule has 0 saturated carbocycles. The molecule has 0 fully saturated rings. The summed E-state index contributed by atoms with van der Waals surface area (Å²) in [6.07, 6.45) is -1.12. The van der Waals surface area contributed by atoms with Crippen molar-refractivity contribution >= 4 is 22.9 Å². The summed E-state index contributed by atoms with van der Waals surface area (Å²) < 4.78 is 12.0. The van der Waals surface area contributed by atoms with E-state index in [-0.39, 0.29) is 12.3 Å². The van der Waals surface area contributed by atoms with Gasteiger partial charge in [-0.3, -0.25) is 14.2 Å². The average molecular weight is 415 g/mol. The van der Waals surface area contributed by atoms with Gasteiger partial charge in [0.05, 0.1) is 5.52 Å². The lowest BCUT2D eigenvalue weighted by Crippen LogP contribution is -2.26. The molecule has 1 aromatic heterocycles. The number of nitrogens with zero attached hydrogens (tertiary/aromatic N) is 1. The third-order valence-corrected chi connectivity index (χ3v) is 5.06. The van der Waals surface area contributed by atoms with Gasteiger partial charge in [0.2, 0.25) is 5.78 Å². The summed E-state index contributed by atoms with van der Waals surface area (Å²) in [5.74, 6) is -1.70. The van der Waals surface area contributed by atoms with Crippen LogP contribution in [0.3, 0.4) is 0 Å². The molecule has 0 aliphatic heterocycles. The average Bonchev–Trinajstić information content (AvgIpc) is 3.08. The van der Waals surface area contributed by atoms with Gasteiger partial charge in [-0.1, -0.05) is 71.8 Å². The van der Waals surface area contributed by atoms with Crippen LogP contribution < -0.4 is 5.76 Å². The molecule has 0 aliphatic carbocycles. The van der Waals surface area contributed by atoms with Crippen molar-refractivity contribution in [1.29, 1.82) is 0 Å². The number of benzene rings is 3. The van der Waals surface area contributed by atoms with Crippen molar-refractivity contribution in [3.8, 4) is 0 Å². The van der Waals surface area contributed by atoms with Gasteiger partial charge in [0, 0.05) is 11.1 Å². The van der Waals surface area contributed by atoms with E-state index in [1.54, 1.807) is 48.5 Å². The largest absolute Gasteiger partial charge is 0.448 e. The van der Waals surface area contributed by atoms with E-state index < -0.39 is 17.8 Å². The second kappa shape index (κ2) is 8.44. The van der Waals surface area contributed by atoms with Crippen molar-refractivity contribution in [2.24, 2.45) is 0 Å². The molecule has 0 N–H and O–H groups in total. The molecule has 0 unspecified atom stereocenters. The molecule has 0 spiro atoms. The summed E-state index contributed by atoms with van der Waals surface area (Å²) in [6.45, 7) is 3.50. The van der Waals surface area contributed by atoms with Gasteiger partial charge in [-0.25, -0.2) is 4.79 Å². The number of hydrogen-bond donors (Lipinski definition) is 0. The Morgan fingerprint density at radius 3 is 2.19 bits per heavy atom. The van der Waals surface area contributed by atoms with Gasteiger partial charge < -0.3 is 9.15 Å². The highest BCUT2D eigenvalue weighted by Gasteiger charge is 2.27. The standard InChI is InChI=1S/C25H21NO5/c1-16-7-11-18(12-8-16)23(28)24(19-13-9-17(2)10-14-19)31-22(27)15-26-20-5-3-4-6-21(20)30-25(26)29/h3-14,24H,15H2,1-2H3/t24-/m0/s1. The molecule has 0 aliphatic rings. The van der Waals surface area contributed by atoms with Crippen LogP contribution in [0.2, 0.25) is 0 Å². The first-order valence-corrected chi connectivity index (χ1v) is 9.87. The summed E-state index contributed by atoms with van der Waals surface area (Å²) in [5, 5.41) is 0. The van der Waals surface area contributed by atoms with Crippen LogP contribution in [0.15, 0.2) is 82.0 Å². The number of para-hydroxylation sites is 2. The predicted molar refractivity (Wildman–Crippen MR) is 116 cm³/mol. The lowest BCUT2D eigenvalue weighted by molar-refractivity contribution is -0.148. The monoisotopic (exact) mass is 415 g/mol. The normalized spacial score (nSPS) is 11.9. The Morgan fingerprint density at radius 2 is 1.52 bits per heavy atom. The van der Waals surface area contributed by atoms with E-state index in [4.69, 9.17) is 9.15 Å². The summed E-state index contributed by atoms with van der Waals surface area (Å²) in [6, 6.07) is 21.1. The Kier molecular flexibility index (Phi) is 5.54. The summed E-state index contributed by atoms with van der Waals surface area (Å²) in [7, 11) is 0. The van der Waals surface area contributed by atoms with Crippen LogP contribution >= 0.6 is 0 Å². The number of carbonyl (C=O) groups is 2. The number of aromatic nitrogens is 1. The van der Waals surface area contributed by atoms with Crippen LogP contribution in [0.4, 0.5) is 0 Å². The van der Waals surface area contributed by atoms with E-state index in [1.807, 2.05) is 38.1 Å². The second-order valence-corrected chi connectivity index (χ2v) is 7.43. The Labute approximate surface area is 178 Å². The molecule has 0 saturated heterocycles. The first-order valence-electron chi connectivity index (χ1n) is 9.87. The van der Waals surface area contributed by atoms with Gasteiger partial charge in [-0.15, -0.1) is 0 Å². The van der Waals surface area contributed by atoms with Crippen LogP contribution in [0.5, 0.6) is 0 Å². The lowest BCUT2D eigenvalue weighted by atomic mass is 9.98. The zero-order valence-corrected chi connectivity index (χ0v) is 17.2. The van der Waals surface area contributed by atoms with Crippen LogP contribution in [0.1, 0.15) is 33.2 Å². The fourth-order valence-corrected chi connectivity index (χ4v) is 3.34. The molecular formula is C25H21NO5. The molecule has 4 rings (SSSR count). The molecule has 0 bridgehead atoms. The van der Waals surface area contributed by atoms with Crippen LogP contribution in [0, 0.1) is 13.8 Å². The number of ether oxygens (including phenoxy) is 1. The molecule has 156 valence electrons. The maximum absolute atomic E-state index is 13.2. The van der Waals surface area contributed by atoms with E-state index in [0.29, 0.717) is 22.2 Å². The van der Waals surface area contributed by atoms with Crippen molar-refractivity contribution < 1.29 is 18.7 Å². The maximum atomic E-state index is 13.2. The molecule has 0 amide bonds. The Balaban J connectivity index is 1.63. The molecule has 3 aromatic carbocycles. The highest BCUT2D eigenvalue weighted by atomic mass is 16.5. The van der Waals surface area contributed by atoms with Crippen LogP contribution in [-0.4, -0.2) is 16.3 Å². The number of Topliss-reactive ketones (excluding diaryl/α,β-unsaturated/α-hetero) is 1. The highest BCUT2D eigenvalue weighted by molar-refractivity contribution is 6.01. The van der Waals surface area contributed by atoms with Gasteiger partial charge in [0.15, 0.2) is 11.7 Å². The number of rotatable bonds is 6. The van der Waals surface area contributed by atoms with Crippen molar-refractivity contribution in [3.63, 3.8) is 0 Å². The van der Waals surface area contributed by atoms with Gasteiger partial charge in [0.1, 0.15) is 6.54 Å². The Morgan fingerprint density at radius 1 is 0.903 bits per heavy atom. The minimum atomic E-state index is -1.12. The van der Waals surface area contributed by atoms with E-state index >= 15 is 0 Å². The topological polar surface area (TPSA) is 78.5 Å². The minimum absolute atomic E-state index is 0.332. The SMILES string of the molecule is Cc1ccc(C(=O)[C@@H](OC(=O)Cn2c(=O)oc3ccccc32)c2ccc(C)cc2)cc1. The molecule has 6 nitrogen and oxygen atoms in total. The van der Waals surface area contributed by atoms with E-state index in [0.717, 1.165) is 11.1 Å². The minimum Gasteiger partial charge on any atom is -0.448 e. The van der Waals surface area contributed by atoms with Crippen LogP contribution in [-0.2, 0) is 16.1 Å². The molecule has 6 heteroatoms. The Bertz CT molecular complexity index is 1300. The highest BCUT2D eigenvalue weighted by Crippen LogP contribution is 2.24. The van der Waals surface area contributed by atoms with E-state index in [1.165, 1.54) is 4.57 Å². The van der Waals surface area contributed by atoms with Crippen molar-refractivity contribution in [2.75, 3.05) is 0 Å². The number of oxazole rings is 1. The van der Waals surface area contributed by atoms with Crippen molar-refractivity contribution in [1.82, 2.24) is 4.57 Å². The van der Waals surface area contributed by atoms with E-state index in [2.05, 4.69) is 0 Å². The summed E-state index contributed by atoms with van der Waals surface area (Å²) in [5.41, 5.74) is 3.91. The third-order valence-electron chi connectivity index (χ3n) is 5.06. The molecule has 0 radical (unpaired) electrons. The fraction of sp³-hybridized carbons (Fsp3) is 0.160. The smallest absolute Gasteiger partial charge is 0.420 e. The number of ketones is 1. The van der Waals surface area contributed by atoms with Gasteiger partial charge in [-0.2, -0.15) is 0 Å². The molecule has 1 atom stereocenters. The zero-order chi connectivity index (χ0) is 22.0. The third kappa shape index (κ3) is 4.33. The van der Waals surface area contributed by atoms with Crippen molar-refractivity contribution in [3.05, 3.63) is 106 Å². The van der Waals surface area contributed by atoms with Gasteiger partial charge in [0.25, 0.3) is 0 Å². The quantitative estimate of drug-likeness (QED) is 0.345. The van der Waals surface area contributed by atoms with Crippen LogP contribution in [0.25, 0.3) is 11.1 Å². The van der Waals surface area contributed by atoms with E-state index in [9.17, 15) is 14.4 Å². The fourth-order valence-electron chi connectivity index (χ4n) is 3.34. The summed E-state index contributed by atoms with van der Waals surface area (Å²) >= 11 is 0. The van der Waals surface area contributed by atoms with Gasteiger partial charge >= 0.3 is 11.7 Å². The number of hydrogen-bond acceptors (Lipinski definition) is 5. The Hall–Kier alpha value is -3.93. The zero-order valence-electron chi connectivity index (χ0n) is 17.2. The number of carbonyl (C=O) groups excluding carboxylic acids is 2. The number of fused-ring (bicyclic) bond motifs is 1. The maximum Gasteiger partial charge on any atom is 0.420 e. The number of esters is 1. The molecule has 4 aromatic rings. The molecule has 31 heavy (non-hydrogen) atoms. The molecule has 1 heterocycles. The first-order chi connectivity index (χ1) is 14.9.